The first kappa shape index (κ1) is 14.0. The predicted octanol–water partition coefficient (Wildman–Crippen LogP) is 1.65. The fourth-order valence-electron chi connectivity index (χ4n) is 2.38. The number of carbonyl (C=O) groups excluding carboxylic acids is 2. The van der Waals surface area contributed by atoms with E-state index in [4.69, 9.17) is 0 Å². The van der Waals surface area contributed by atoms with Gasteiger partial charge < -0.3 is 10.2 Å². The van der Waals surface area contributed by atoms with E-state index in [1.54, 1.807) is 17.3 Å². The third-order valence-electron chi connectivity index (χ3n) is 3.46. The van der Waals surface area contributed by atoms with Crippen molar-refractivity contribution >= 4 is 23.2 Å². The van der Waals surface area contributed by atoms with Gasteiger partial charge in [-0.15, -0.1) is 11.3 Å². The van der Waals surface area contributed by atoms with Gasteiger partial charge in [-0.25, -0.2) is 4.98 Å². The first-order valence-corrected chi connectivity index (χ1v) is 7.41. The lowest BCUT2D eigenvalue weighted by molar-refractivity contribution is -0.134. The second-order valence-corrected chi connectivity index (χ2v) is 5.82. The quantitative estimate of drug-likeness (QED) is 0.913. The number of hydrogen-bond acceptors (Lipinski definition) is 4. The highest BCUT2D eigenvalue weighted by Crippen LogP contribution is 2.26. The Bertz CT molecular complexity index is 466. The van der Waals surface area contributed by atoms with Crippen LogP contribution in [0.1, 0.15) is 41.2 Å². The molecule has 0 atom stereocenters. The lowest BCUT2D eigenvalue weighted by atomic mass is 10.1. The van der Waals surface area contributed by atoms with Crippen molar-refractivity contribution in [3.8, 4) is 0 Å². The molecule has 1 aromatic heterocycles. The smallest absolute Gasteiger partial charge is 0.270 e. The lowest BCUT2D eigenvalue weighted by Gasteiger charge is -2.19. The molecule has 1 saturated carbocycles. The Morgan fingerprint density at radius 3 is 2.79 bits per heavy atom. The molecule has 0 aromatic carbocycles. The average molecular weight is 281 g/mol. The van der Waals surface area contributed by atoms with Crippen molar-refractivity contribution in [2.75, 3.05) is 14.1 Å². The van der Waals surface area contributed by atoms with E-state index < -0.39 is 0 Å². The summed E-state index contributed by atoms with van der Waals surface area (Å²) in [5, 5.41) is 5.06. The molecule has 6 heteroatoms. The highest BCUT2D eigenvalue weighted by Gasteiger charge is 2.25. The second-order valence-electron chi connectivity index (χ2n) is 4.88. The van der Waals surface area contributed by atoms with Gasteiger partial charge in [-0.3, -0.25) is 9.59 Å². The largest absolute Gasteiger partial charge is 0.354 e. The molecule has 5 nitrogen and oxygen atoms in total. The standard InChI is InChI=1S/C13H19N3O2S/c1-14-12(17)10-8-19-11(15-10)7-16(2)13(18)9-5-3-4-6-9/h8-9H,3-7H2,1-2H3,(H,14,17). The number of thiazole rings is 1. The van der Waals surface area contributed by atoms with Gasteiger partial charge in [0, 0.05) is 25.4 Å². The van der Waals surface area contributed by atoms with Crippen molar-refractivity contribution in [2.24, 2.45) is 5.92 Å². The van der Waals surface area contributed by atoms with E-state index in [9.17, 15) is 9.59 Å². The van der Waals surface area contributed by atoms with E-state index in [0.717, 1.165) is 30.7 Å². The third kappa shape index (κ3) is 3.32. The van der Waals surface area contributed by atoms with Crippen LogP contribution in [-0.2, 0) is 11.3 Å². The highest BCUT2D eigenvalue weighted by molar-refractivity contribution is 7.09. The van der Waals surface area contributed by atoms with Crippen molar-refractivity contribution in [3.63, 3.8) is 0 Å². The molecule has 0 saturated heterocycles. The molecule has 0 bridgehead atoms. The van der Waals surface area contributed by atoms with Crippen LogP contribution in [0.5, 0.6) is 0 Å². The Hall–Kier alpha value is -1.43. The zero-order valence-corrected chi connectivity index (χ0v) is 12.1. The summed E-state index contributed by atoms with van der Waals surface area (Å²) in [5.74, 6) is 0.199. The van der Waals surface area contributed by atoms with Crippen molar-refractivity contribution in [1.29, 1.82) is 0 Å². The van der Waals surface area contributed by atoms with Gasteiger partial charge in [-0.2, -0.15) is 0 Å². The molecule has 0 aliphatic heterocycles. The molecule has 1 N–H and O–H groups in total. The Morgan fingerprint density at radius 1 is 1.47 bits per heavy atom. The highest BCUT2D eigenvalue weighted by atomic mass is 32.1. The van der Waals surface area contributed by atoms with Gasteiger partial charge in [0.15, 0.2) is 0 Å². The third-order valence-corrected chi connectivity index (χ3v) is 4.30. The topological polar surface area (TPSA) is 62.3 Å². The van der Waals surface area contributed by atoms with Gasteiger partial charge >= 0.3 is 0 Å². The van der Waals surface area contributed by atoms with Crippen molar-refractivity contribution in [2.45, 2.75) is 32.2 Å². The summed E-state index contributed by atoms with van der Waals surface area (Å²) < 4.78 is 0. The maximum atomic E-state index is 12.2. The van der Waals surface area contributed by atoms with Crippen LogP contribution < -0.4 is 5.32 Å². The molecule has 1 heterocycles. The number of nitrogens with zero attached hydrogens (tertiary/aromatic N) is 2. The minimum atomic E-state index is -0.188. The Balaban J connectivity index is 1.94. The van der Waals surface area contributed by atoms with Crippen molar-refractivity contribution in [1.82, 2.24) is 15.2 Å². The monoisotopic (exact) mass is 281 g/mol. The summed E-state index contributed by atoms with van der Waals surface area (Å²) in [5.41, 5.74) is 0.421. The van der Waals surface area contributed by atoms with Crippen molar-refractivity contribution < 1.29 is 9.59 Å². The minimum Gasteiger partial charge on any atom is -0.354 e. The first-order valence-electron chi connectivity index (χ1n) is 6.53. The van der Waals surface area contributed by atoms with E-state index in [1.807, 2.05) is 7.05 Å². The fraction of sp³-hybridized carbons (Fsp3) is 0.615. The zero-order valence-electron chi connectivity index (χ0n) is 11.3. The summed E-state index contributed by atoms with van der Waals surface area (Å²) >= 11 is 1.42. The molecule has 2 amide bonds. The normalized spacial score (nSPS) is 15.5. The lowest BCUT2D eigenvalue weighted by Crippen LogP contribution is -2.31. The Morgan fingerprint density at radius 2 is 2.16 bits per heavy atom. The summed E-state index contributed by atoms with van der Waals surface area (Å²) in [6.07, 6.45) is 4.32. The number of hydrogen-bond donors (Lipinski definition) is 1. The maximum absolute atomic E-state index is 12.2. The Kier molecular flexibility index (Phi) is 4.52. The summed E-state index contributed by atoms with van der Waals surface area (Å²) in [4.78, 5) is 29.5. The Labute approximate surface area is 117 Å². The summed E-state index contributed by atoms with van der Waals surface area (Å²) in [6.45, 7) is 0.483. The van der Waals surface area contributed by atoms with E-state index in [2.05, 4.69) is 10.3 Å². The molecule has 19 heavy (non-hydrogen) atoms. The molecule has 2 rings (SSSR count). The van der Waals surface area contributed by atoms with Gasteiger partial charge in [0.25, 0.3) is 5.91 Å². The number of aromatic nitrogens is 1. The molecule has 104 valence electrons. The van der Waals surface area contributed by atoms with Gasteiger partial charge in [0.1, 0.15) is 10.7 Å². The van der Waals surface area contributed by atoms with Gasteiger partial charge in [0.2, 0.25) is 5.91 Å². The molecular weight excluding hydrogens is 262 g/mol. The molecule has 1 aliphatic carbocycles. The van der Waals surface area contributed by atoms with E-state index >= 15 is 0 Å². The van der Waals surface area contributed by atoms with Crippen LogP contribution in [0.4, 0.5) is 0 Å². The van der Waals surface area contributed by atoms with Crippen molar-refractivity contribution in [3.05, 3.63) is 16.1 Å². The van der Waals surface area contributed by atoms with Gasteiger partial charge in [0.05, 0.1) is 6.54 Å². The summed E-state index contributed by atoms with van der Waals surface area (Å²) in [7, 11) is 3.39. The van der Waals surface area contributed by atoms with Crippen LogP contribution in [0.15, 0.2) is 5.38 Å². The van der Waals surface area contributed by atoms with Gasteiger partial charge in [-0.05, 0) is 12.8 Å². The molecule has 0 spiro atoms. The first-order chi connectivity index (χ1) is 9.11. The van der Waals surface area contributed by atoms with E-state index in [0.29, 0.717) is 12.2 Å². The fourth-order valence-corrected chi connectivity index (χ4v) is 3.21. The number of carbonyl (C=O) groups is 2. The van der Waals surface area contributed by atoms with Crippen LogP contribution in [0.3, 0.4) is 0 Å². The van der Waals surface area contributed by atoms with Gasteiger partial charge in [-0.1, -0.05) is 12.8 Å². The van der Waals surface area contributed by atoms with Crippen LogP contribution in [0, 0.1) is 5.92 Å². The molecule has 1 fully saturated rings. The maximum Gasteiger partial charge on any atom is 0.270 e. The molecular formula is C13H19N3O2S. The number of rotatable bonds is 4. The molecule has 1 aliphatic rings. The van der Waals surface area contributed by atoms with E-state index in [-0.39, 0.29) is 17.7 Å². The van der Waals surface area contributed by atoms with Crippen LogP contribution in [0.25, 0.3) is 0 Å². The van der Waals surface area contributed by atoms with Crippen LogP contribution in [-0.4, -0.2) is 35.8 Å². The number of nitrogens with one attached hydrogen (secondary N) is 1. The van der Waals surface area contributed by atoms with Crippen LogP contribution >= 0.6 is 11.3 Å². The zero-order chi connectivity index (χ0) is 13.8. The SMILES string of the molecule is CNC(=O)c1csc(CN(C)C(=O)C2CCCC2)n1. The predicted molar refractivity (Wildman–Crippen MR) is 73.9 cm³/mol. The molecule has 0 unspecified atom stereocenters. The number of amides is 2. The summed E-state index contributed by atoms with van der Waals surface area (Å²) in [6, 6.07) is 0. The van der Waals surface area contributed by atoms with Crippen LogP contribution in [0.2, 0.25) is 0 Å². The molecule has 1 aromatic rings. The minimum absolute atomic E-state index is 0.184. The van der Waals surface area contributed by atoms with E-state index in [1.165, 1.54) is 11.3 Å². The average Bonchev–Trinajstić information content (AvgIpc) is 3.07. The molecule has 0 radical (unpaired) electrons. The second kappa shape index (κ2) is 6.14.